The van der Waals surface area contributed by atoms with Gasteiger partial charge >= 0.3 is 7.23 Å². The second kappa shape index (κ2) is 4.69. The largest absolute Gasteiger partial charge is 0.584 e. The summed E-state index contributed by atoms with van der Waals surface area (Å²) < 4.78 is 10.9. The molecule has 0 aliphatic carbocycles. The molecule has 0 fully saturated rings. The summed E-state index contributed by atoms with van der Waals surface area (Å²) >= 11 is 0.890. The van der Waals surface area contributed by atoms with Gasteiger partial charge in [0.15, 0.2) is 11.4 Å². The number of hydrogen-bond donors (Lipinski definition) is 0. The molecule has 0 aromatic heterocycles. The molecule has 1 atom stereocenters. The zero-order chi connectivity index (χ0) is 12.5. The highest BCUT2D eigenvalue weighted by atomic mass is 32.7. The fraction of sp³-hybridized carbons (Fsp3) is 0. The maximum Gasteiger partial charge on any atom is 0.389 e. The van der Waals surface area contributed by atoms with Gasteiger partial charge in [-0.1, -0.05) is 41.0 Å². The number of benzene rings is 3. The van der Waals surface area contributed by atoms with Crippen molar-refractivity contribution in [2.45, 2.75) is 4.90 Å². The first-order valence-electron chi connectivity index (χ1n) is 5.48. The highest BCUT2D eigenvalue weighted by molar-refractivity contribution is 8.49. The minimum absolute atomic E-state index is 0.786. The van der Waals surface area contributed by atoms with E-state index in [9.17, 15) is 9.46 Å². The lowest BCUT2D eigenvalue weighted by Crippen LogP contribution is -1.82. The van der Waals surface area contributed by atoms with Crippen molar-refractivity contribution in [2.75, 3.05) is 0 Å². The van der Waals surface area contributed by atoms with Crippen LogP contribution in [-0.4, -0.2) is 0 Å². The standard InChI is InChI=1S/C14H9O2PS/c15-17(16)18-14-7-3-6-12-8-10-4-1-2-5-11(10)9-13(12)14/h1-9H. The predicted molar refractivity (Wildman–Crippen MR) is 74.9 cm³/mol. The number of hydrogen-bond acceptors (Lipinski definition) is 3. The lowest BCUT2D eigenvalue weighted by molar-refractivity contribution is -0.157. The van der Waals surface area contributed by atoms with Crippen LogP contribution in [0.5, 0.6) is 0 Å². The highest BCUT2D eigenvalue weighted by Crippen LogP contribution is 2.41. The summed E-state index contributed by atoms with van der Waals surface area (Å²) in [6.07, 6.45) is 0. The van der Waals surface area contributed by atoms with Gasteiger partial charge in [-0.3, -0.25) is 0 Å². The van der Waals surface area contributed by atoms with Gasteiger partial charge in [-0.05, 0) is 34.4 Å². The number of rotatable bonds is 2. The third kappa shape index (κ3) is 2.13. The van der Waals surface area contributed by atoms with Crippen molar-refractivity contribution in [1.82, 2.24) is 0 Å². The molecular weight excluding hydrogens is 263 g/mol. The fourth-order valence-corrected chi connectivity index (χ4v) is 3.63. The summed E-state index contributed by atoms with van der Waals surface area (Å²) in [5.74, 6) is 0. The lowest BCUT2D eigenvalue weighted by Gasteiger charge is -2.04. The van der Waals surface area contributed by atoms with E-state index in [1.54, 1.807) is 0 Å². The molecule has 18 heavy (non-hydrogen) atoms. The van der Waals surface area contributed by atoms with E-state index in [4.69, 9.17) is 0 Å². The fourth-order valence-electron chi connectivity index (χ4n) is 2.10. The molecule has 1 unspecified atom stereocenters. The van der Waals surface area contributed by atoms with Gasteiger partial charge in [-0.15, -0.1) is 0 Å². The van der Waals surface area contributed by atoms with Crippen molar-refractivity contribution < 1.29 is 9.46 Å². The minimum Gasteiger partial charge on any atom is -0.584 e. The molecule has 0 amide bonds. The van der Waals surface area contributed by atoms with E-state index < -0.39 is 7.23 Å². The molecule has 0 aliphatic heterocycles. The Hall–Kier alpha value is -1.41. The van der Waals surface area contributed by atoms with Crippen LogP contribution in [0, 0.1) is 0 Å². The molecule has 0 N–H and O–H groups in total. The van der Waals surface area contributed by atoms with E-state index in [0.29, 0.717) is 0 Å². The maximum absolute atomic E-state index is 10.9. The van der Waals surface area contributed by atoms with Crippen molar-refractivity contribution in [3.63, 3.8) is 0 Å². The quantitative estimate of drug-likeness (QED) is 0.521. The van der Waals surface area contributed by atoms with E-state index in [1.165, 1.54) is 5.39 Å². The molecule has 3 rings (SSSR count). The molecule has 0 heterocycles. The van der Waals surface area contributed by atoms with Crippen LogP contribution in [0.3, 0.4) is 0 Å². The van der Waals surface area contributed by atoms with Gasteiger partial charge < -0.3 is 4.89 Å². The summed E-state index contributed by atoms with van der Waals surface area (Å²) in [7, 11) is -2.48. The molecule has 0 aliphatic rings. The molecule has 2 nitrogen and oxygen atoms in total. The summed E-state index contributed by atoms with van der Waals surface area (Å²) in [5.41, 5.74) is 0. The Bertz CT molecular complexity index is 755. The van der Waals surface area contributed by atoms with Crippen molar-refractivity contribution in [2.24, 2.45) is 0 Å². The van der Waals surface area contributed by atoms with E-state index >= 15 is 0 Å². The molecule has 88 valence electrons. The summed E-state index contributed by atoms with van der Waals surface area (Å²) in [4.78, 5) is 11.7. The van der Waals surface area contributed by atoms with Gasteiger partial charge in [0.05, 0.1) is 4.90 Å². The average Bonchev–Trinajstić information content (AvgIpc) is 2.36. The first-order chi connectivity index (χ1) is 8.74. The highest BCUT2D eigenvalue weighted by Gasteiger charge is 2.10. The van der Waals surface area contributed by atoms with Gasteiger partial charge in [0.1, 0.15) is 0 Å². The van der Waals surface area contributed by atoms with Crippen LogP contribution in [0.2, 0.25) is 0 Å². The lowest BCUT2D eigenvalue weighted by atomic mass is 10.0. The van der Waals surface area contributed by atoms with Gasteiger partial charge in [0.2, 0.25) is 0 Å². The Balaban J connectivity index is 2.32. The molecule has 3 aromatic rings. The molecular formula is C14H9O2PS. The van der Waals surface area contributed by atoms with Crippen molar-refractivity contribution in [1.29, 1.82) is 0 Å². The smallest absolute Gasteiger partial charge is 0.389 e. The zero-order valence-electron chi connectivity index (χ0n) is 9.37. The van der Waals surface area contributed by atoms with E-state index in [2.05, 4.69) is 12.1 Å². The Kier molecular flexibility index (Phi) is 3.04. The van der Waals surface area contributed by atoms with Gasteiger partial charge in [-0.25, -0.2) is 0 Å². The molecule has 0 spiro atoms. The molecule has 0 bridgehead atoms. The van der Waals surface area contributed by atoms with Crippen LogP contribution in [0.15, 0.2) is 59.5 Å². The van der Waals surface area contributed by atoms with Gasteiger partial charge in [-0.2, -0.15) is 0 Å². The molecule has 4 heteroatoms. The normalized spacial score (nSPS) is 11.9. The van der Waals surface area contributed by atoms with Crippen LogP contribution < -0.4 is 4.89 Å². The van der Waals surface area contributed by atoms with Crippen LogP contribution in [0.25, 0.3) is 21.5 Å². The Morgan fingerprint density at radius 3 is 2.28 bits per heavy atom. The van der Waals surface area contributed by atoms with E-state index in [-0.39, 0.29) is 0 Å². The van der Waals surface area contributed by atoms with Crippen LogP contribution in [0.4, 0.5) is 0 Å². The summed E-state index contributed by atoms with van der Waals surface area (Å²) in [6.45, 7) is 0. The predicted octanol–water partition coefficient (Wildman–Crippen LogP) is 4.10. The Labute approximate surface area is 109 Å². The topological polar surface area (TPSA) is 40.1 Å². The van der Waals surface area contributed by atoms with E-state index in [0.717, 1.165) is 32.4 Å². The third-order valence-electron chi connectivity index (χ3n) is 2.88. The Morgan fingerprint density at radius 2 is 1.56 bits per heavy atom. The van der Waals surface area contributed by atoms with Crippen LogP contribution in [-0.2, 0) is 4.57 Å². The zero-order valence-corrected chi connectivity index (χ0v) is 11.1. The minimum atomic E-state index is -2.48. The third-order valence-corrected chi connectivity index (χ3v) is 4.62. The molecule has 0 saturated carbocycles. The SMILES string of the molecule is O=[P+]([O-])Sc1cccc2cc3ccccc3cc12. The summed E-state index contributed by atoms with van der Waals surface area (Å²) in [6, 6.07) is 17.9. The molecule has 3 aromatic carbocycles. The molecule has 0 radical (unpaired) electrons. The number of fused-ring (bicyclic) bond motifs is 2. The average molecular weight is 272 g/mol. The van der Waals surface area contributed by atoms with Gasteiger partial charge in [0, 0.05) is 5.39 Å². The first-order valence-corrected chi connectivity index (χ1v) is 8.08. The van der Waals surface area contributed by atoms with Crippen molar-refractivity contribution in [3.05, 3.63) is 54.6 Å². The van der Waals surface area contributed by atoms with Crippen molar-refractivity contribution in [3.8, 4) is 0 Å². The van der Waals surface area contributed by atoms with Crippen LogP contribution >= 0.6 is 18.6 Å². The van der Waals surface area contributed by atoms with Crippen molar-refractivity contribution >= 4 is 40.2 Å². The van der Waals surface area contributed by atoms with Crippen LogP contribution in [0.1, 0.15) is 0 Å². The molecule has 0 saturated heterocycles. The van der Waals surface area contributed by atoms with Gasteiger partial charge in [0.25, 0.3) is 0 Å². The second-order valence-electron chi connectivity index (χ2n) is 3.99. The monoisotopic (exact) mass is 272 g/mol. The second-order valence-corrected chi connectivity index (χ2v) is 6.50. The maximum atomic E-state index is 10.9. The van der Waals surface area contributed by atoms with E-state index in [1.807, 2.05) is 42.5 Å². The first kappa shape index (κ1) is 11.7. The Morgan fingerprint density at radius 1 is 0.889 bits per heavy atom. The summed E-state index contributed by atoms with van der Waals surface area (Å²) in [5, 5.41) is 4.34.